The van der Waals surface area contributed by atoms with Gasteiger partial charge in [0, 0.05) is 30.9 Å². The van der Waals surface area contributed by atoms with E-state index in [0.29, 0.717) is 11.7 Å². The van der Waals surface area contributed by atoms with Crippen molar-refractivity contribution >= 4 is 0 Å². The molecule has 26 heavy (non-hydrogen) atoms. The highest BCUT2D eigenvalue weighted by Crippen LogP contribution is 2.23. The summed E-state index contributed by atoms with van der Waals surface area (Å²) in [7, 11) is 2.18. The Bertz CT molecular complexity index is 860. The van der Waals surface area contributed by atoms with Gasteiger partial charge in [-0.2, -0.15) is 4.98 Å². The summed E-state index contributed by atoms with van der Waals surface area (Å²) in [6, 6.07) is 8.32. The monoisotopic (exact) mass is 351 g/mol. The first kappa shape index (κ1) is 17.0. The van der Waals surface area contributed by atoms with E-state index in [1.54, 1.807) is 0 Å². The van der Waals surface area contributed by atoms with Gasteiger partial charge in [-0.1, -0.05) is 23.4 Å². The van der Waals surface area contributed by atoms with E-state index in [0.717, 1.165) is 43.3 Å². The van der Waals surface area contributed by atoms with Gasteiger partial charge in [-0.05, 0) is 57.5 Å². The summed E-state index contributed by atoms with van der Waals surface area (Å²) in [5.74, 6) is 3.09. The number of piperidine rings is 1. The molecule has 6 heteroatoms. The highest BCUT2D eigenvalue weighted by Gasteiger charge is 2.20. The van der Waals surface area contributed by atoms with Gasteiger partial charge in [0.15, 0.2) is 0 Å². The molecule has 0 saturated carbocycles. The molecule has 4 rings (SSSR count). The Hall–Kier alpha value is -2.47. The largest absolute Gasteiger partial charge is 0.339 e. The molecule has 0 N–H and O–H groups in total. The summed E-state index contributed by atoms with van der Waals surface area (Å²) in [5.41, 5.74) is 2.20. The second-order valence-electron chi connectivity index (χ2n) is 7.27. The zero-order valence-corrected chi connectivity index (χ0v) is 15.4. The van der Waals surface area contributed by atoms with Crippen molar-refractivity contribution in [2.45, 2.75) is 32.7 Å². The number of aryl methyl sites for hydroxylation is 1. The van der Waals surface area contributed by atoms with Crippen LogP contribution in [0.4, 0.5) is 0 Å². The first-order chi connectivity index (χ1) is 12.7. The summed E-state index contributed by atoms with van der Waals surface area (Å²) in [6.45, 7) is 5.11. The number of nitrogens with zero attached hydrogens (tertiary/aromatic N) is 5. The number of hydrogen-bond acceptors (Lipinski definition) is 5. The highest BCUT2D eigenvalue weighted by atomic mass is 16.5. The maximum atomic E-state index is 5.52. The standard InChI is InChI=1S/C20H25N5O/c1-15-21-8-11-25(15)14-17-4-3-5-18(12-17)20-22-19(26-23-20)13-16-6-9-24(2)10-7-16/h3-5,8,11-12,16H,6-7,9-10,13-14H2,1-2H3. The predicted octanol–water partition coefficient (Wildman–Crippen LogP) is 3.17. The van der Waals surface area contributed by atoms with Crippen molar-refractivity contribution in [1.29, 1.82) is 0 Å². The van der Waals surface area contributed by atoms with E-state index >= 15 is 0 Å². The van der Waals surface area contributed by atoms with Crippen molar-refractivity contribution in [1.82, 2.24) is 24.6 Å². The molecule has 0 unspecified atom stereocenters. The molecule has 3 heterocycles. The molecule has 1 saturated heterocycles. The van der Waals surface area contributed by atoms with Gasteiger partial charge >= 0.3 is 0 Å². The molecule has 1 aliphatic rings. The first-order valence-corrected chi connectivity index (χ1v) is 9.25. The zero-order valence-electron chi connectivity index (χ0n) is 15.4. The number of benzene rings is 1. The molecule has 136 valence electrons. The first-order valence-electron chi connectivity index (χ1n) is 9.25. The number of aromatic nitrogens is 4. The van der Waals surface area contributed by atoms with Crippen molar-refractivity contribution in [3.63, 3.8) is 0 Å². The van der Waals surface area contributed by atoms with E-state index in [1.165, 1.54) is 18.4 Å². The molecule has 0 atom stereocenters. The summed E-state index contributed by atoms with van der Waals surface area (Å²) < 4.78 is 7.65. The molecular weight excluding hydrogens is 326 g/mol. The predicted molar refractivity (Wildman–Crippen MR) is 99.7 cm³/mol. The van der Waals surface area contributed by atoms with Crippen molar-refractivity contribution < 1.29 is 4.52 Å². The van der Waals surface area contributed by atoms with E-state index in [2.05, 4.69) is 43.8 Å². The number of rotatable bonds is 5. The molecule has 0 bridgehead atoms. The summed E-state index contributed by atoms with van der Waals surface area (Å²) >= 11 is 0. The SMILES string of the molecule is Cc1nccn1Cc1cccc(-c2noc(CC3CCN(C)CC3)n2)c1. The third-order valence-corrected chi connectivity index (χ3v) is 5.23. The van der Waals surface area contributed by atoms with E-state index in [1.807, 2.05) is 31.5 Å². The molecule has 2 aromatic heterocycles. The lowest BCUT2D eigenvalue weighted by Gasteiger charge is -2.27. The van der Waals surface area contributed by atoms with Gasteiger partial charge in [0.05, 0.1) is 0 Å². The third-order valence-electron chi connectivity index (χ3n) is 5.23. The van der Waals surface area contributed by atoms with Crippen LogP contribution in [0.1, 0.15) is 30.1 Å². The third kappa shape index (κ3) is 3.85. The van der Waals surface area contributed by atoms with Crippen molar-refractivity contribution in [3.8, 4) is 11.4 Å². The molecule has 0 aliphatic carbocycles. The molecule has 1 aromatic carbocycles. The Labute approximate surface area is 153 Å². The van der Waals surface area contributed by atoms with Gasteiger partial charge < -0.3 is 14.0 Å². The minimum atomic E-state index is 0.648. The van der Waals surface area contributed by atoms with Gasteiger partial charge in [-0.15, -0.1) is 0 Å². The van der Waals surface area contributed by atoms with E-state index in [-0.39, 0.29) is 0 Å². The Balaban J connectivity index is 1.45. The topological polar surface area (TPSA) is 60.0 Å². The average molecular weight is 351 g/mol. The van der Waals surface area contributed by atoms with Gasteiger partial charge in [0.2, 0.25) is 11.7 Å². The van der Waals surface area contributed by atoms with Crippen LogP contribution in [0.15, 0.2) is 41.2 Å². The summed E-state index contributed by atoms with van der Waals surface area (Å²) in [4.78, 5) is 11.3. The van der Waals surface area contributed by atoms with Crippen LogP contribution in [-0.4, -0.2) is 44.7 Å². The lowest BCUT2D eigenvalue weighted by Crippen LogP contribution is -2.30. The molecule has 3 aromatic rings. The van der Waals surface area contributed by atoms with Gasteiger partial charge in [-0.3, -0.25) is 0 Å². The number of likely N-dealkylation sites (tertiary alicyclic amines) is 1. The molecular formula is C20H25N5O. The van der Waals surface area contributed by atoms with Crippen molar-refractivity contribution in [2.24, 2.45) is 5.92 Å². The normalized spacial score (nSPS) is 16.2. The van der Waals surface area contributed by atoms with Gasteiger partial charge in [0.1, 0.15) is 5.82 Å². The number of hydrogen-bond donors (Lipinski definition) is 0. The Morgan fingerprint density at radius 2 is 2.08 bits per heavy atom. The lowest BCUT2D eigenvalue weighted by atomic mass is 9.94. The van der Waals surface area contributed by atoms with Crippen molar-refractivity contribution in [3.05, 3.63) is 53.9 Å². The minimum Gasteiger partial charge on any atom is -0.339 e. The van der Waals surface area contributed by atoms with Crippen LogP contribution in [-0.2, 0) is 13.0 Å². The summed E-state index contributed by atoms with van der Waals surface area (Å²) in [6.07, 6.45) is 7.11. The summed E-state index contributed by atoms with van der Waals surface area (Å²) in [5, 5.41) is 4.21. The Kier molecular flexibility index (Phi) is 4.84. The van der Waals surface area contributed by atoms with E-state index < -0.39 is 0 Å². The van der Waals surface area contributed by atoms with E-state index in [4.69, 9.17) is 4.52 Å². The van der Waals surface area contributed by atoms with Crippen molar-refractivity contribution in [2.75, 3.05) is 20.1 Å². The van der Waals surface area contributed by atoms with Crippen LogP contribution in [0.25, 0.3) is 11.4 Å². The van der Waals surface area contributed by atoms with Gasteiger partial charge in [0.25, 0.3) is 0 Å². The molecule has 0 amide bonds. The fourth-order valence-electron chi connectivity index (χ4n) is 3.54. The maximum Gasteiger partial charge on any atom is 0.227 e. The van der Waals surface area contributed by atoms with Gasteiger partial charge in [-0.25, -0.2) is 4.98 Å². The second-order valence-corrected chi connectivity index (χ2v) is 7.27. The molecule has 1 aliphatic heterocycles. The van der Waals surface area contributed by atoms with E-state index in [9.17, 15) is 0 Å². The lowest BCUT2D eigenvalue weighted by molar-refractivity contribution is 0.208. The van der Waals surface area contributed by atoms with Crippen LogP contribution in [0, 0.1) is 12.8 Å². The molecule has 0 radical (unpaired) electrons. The highest BCUT2D eigenvalue weighted by molar-refractivity contribution is 5.55. The minimum absolute atomic E-state index is 0.648. The van der Waals surface area contributed by atoms with Crippen LogP contribution in [0.3, 0.4) is 0 Å². The average Bonchev–Trinajstić information content (AvgIpc) is 3.27. The Morgan fingerprint density at radius 3 is 2.85 bits per heavy atom. The Morgan fingerprint density at radius 1 is 1.23 bits per heavy atom. The number of imidazole rings is 1. The molecule has 6 nitrogen and oxygen atoms in total. The van der Waals surface area contributed by atoms with Crippen LogP contribution in [0.5, 0.6) is 0 Å². The van der Waals surface area contributed by atoms with Crippen LogP contribution >= 0.6 is 0 Å². The smallest absolute Gasteiger partial charge is 0.227 e. The zero-order chi connectivity index (χ0) is 17.9. The molecule has 1 fully saturated rings. The fourth-order valence-corrected chi connectivity index (χ4v) is 3.54. The fraction of sp³-hybridized carbons (Fsp3) is 0.450. The molecule has 0 spiro atoms. The van der Waals surface area contributed by atoms with Crippen LogP contribution in [0.2, 0.25) is 0 Å². The van der Waals surface area contributed by atoms with Crippen LogP contribution < -0.4 is 0 Å². The maximum absolute atomic E-state index is 5.52. The quantitative estimate of drug-likeness (QED) is 0.706. The second kappa shape index (κ2) is 7.41.